The summed E-state index contributed by atoms with van der Waals surface area (Å²) in [6, 6.07) is 11.0. The Morgan fingerprint density at radius 3 is 2.65 bits per heavy atom. The Labute approximate surface area is 121 Å². The van der Waals surface area contributed by atoms with Crippen molar-refractivity contribution in [2.45, 2.75) is 57.5 Å². The lowest BCUT2D eigenvalue weighted by Crippen LogP contribution is -2.31. The summed E-state index contributed by atoms with van der Waals surface area (Å²) < 4.78 is 0. The fourth-order valence-corrected chi connectivity index (χ4v) is 2.63. The lowest BCUT2D eigenvalue weighted by atomic mass is 10.0. The summed E-state index contributed by atoms with van der Waals surface area (Å²) in [7, 11) is 0. The minimum Gasteiger partial charge on any atom is -0.353 e. The summed E-state index contributed by atoms with van der Waals surface area (Å²) in [5, 5.41) is 3.17. The van der Waals surface area contributed by atoms with Crippen molar-refractivity contribution < 1.29 is 4.79 Å². The first-order valence-corrected chi connectivity index (χ1v) is 7.69. The molecule has 1 aromatic rings. The van der Waals surface area contributed by atoms with Gasteiger partial charge >= 0.3 is 0 Å². The predicted molar refractivity (Wildman–Crippen MR) is 82.4 cm³/mol. The largest absolute Gasteiger partial charge is 0.353 e. The summed E-state index contributed by atoms with van der Waals surface area (Å²) >= 11 is 0. The monoisotopic (exact) mass is 274 g/mol. The quantitative estimate of drug-likeness (QED) is 0.803. The van der Waals surface area contributed by atoms with Crippen molar-refractivity contribution in [3.8, 4) is 0 Å². The van der Waals surface area contributed by atoms with E-state index in [-0.39, 0.29) is 17.9 Å². The van der Waals surface area contributed by atoms with Crippen LogP contribution in [0, 0.1) is 5.92 Å². The van der Waals surface area contributed by atoms with Gasteiger partial charge in [-0.1, -0.05) is 43.7 Å². The van der Waals surface area contributed by atoms with E-state index in [0.29, 0.717) is 12.0 Å². The molecule has 0 aromatic heterocycles. The first-order chi connectivity index (χ1) is 9.58. The molecule has 3 heteroatoms. The second kappa shape index (κ2) is 6.89. The number of carbonyl (C=O) groups excluding carboxylic acids is 1. The van der Waals surface area contributed by atoms with E-state index in [4.69, 9.17) is 5.73 Å². The zero-order valence-electron chi connectivity index (χ0n) is 12.5. The molecule has 0 bridgehead atoms. The average molecular weight is 274 g/mol. The fraction of sp³-hybridized carbons (Fsp3) is 0.588. The second-order valence-electron chi connectivity index (χ2n) is 6.18. The minimum atomic E-state index is 0.0887. The van der Waals surface area contributed by atoms with Gasteiger partial charge in [0.25, 0.3) is 0 Å². The van der Waals surface area contributed by atoms with Crippen LogP contribution in [-0.4, -0.2) is 18.0 Å². The molecule has 1 aromatic carbocycles. The van der Waals surface area contributed by atoms with E-state index in [1.165, 1.54) is 5.56 Å². The van der Waals surface area contributed by atoms with E-state index in [2.05, 4.69) is 29.6 Å². The highest BCUT2D eigenvalue weighted by molar-refractivity contribution is 5.79. The van der Waals surface area contributed by atoms with Crippen LogP contribution in [0.5, 0.6) is 0 Å². The van der Waals surface area contributed by atoms with Gasteiger partial charge in [-0.3, -0.25) is 4.79 Å². The van der Waals surface area contributed by atoms with E-state index in [1.54, 1.807) is 0 Å². The second-order valence-corrected chi connectivity index (χ2v) is 6.18. The van der Waals surface area contributed by atoms with Crippen molar-refractivity contribution in [3.63, 3.8) is 0 Å². The van der Waals surface area contributed by atoms with Crippen LogP contribution >= 0.6 is 0 Å². The molecule has 110 valence electrons. The topological polar surface area (TPSA) is 55.1 Å². The van der Waals surface area contributed by atoms with Gasteiger partial charge in [0.15, 0.2) is 0 Å². The zero-order valence-corrected chi connectivity index (χ0v) is 12.5. The van der Waals surface area contributed by atoms with Gasteiger partial charge in [0.05, 0.1) is 0 Å². The van der Waals surface area contributed by atoms with Gasteiger partial charge in [0.2, 0.25) is 5.91 Å². The van der Waals surface area contributed by atoms with E-state index in [1.807, 2.05) is 19.9 Å². The van der Waals surface area contributed by atoms with Gasteiger partial charge in [0, 0.05) is 23.9 Å². The normalized spacial score (nSPS) is 23.9. The number of hydrogen-bond acceptors (Lipinski definition) is 2. The average Bonchev–Trinajstić information content (AvgIpc) is 3.18. The maximum atomic E-state index is 12.1. The van der Waals surface area contributed by atoms with Crippen LogP contribution in [0.3, 0.4) is 0 Å². The molecule has 1 saturated carbocycles. The SMILES string of the molecule is CC(N)CCCC(C)C(=O)NC1CC1c1ccccc1. The predicted octanol–water partition coefficient (Wildman–Crippen LogP) is 2.81. The first-order valence-electron chi connectivity index (χ1n) is 7.69. The first kappa shape index (κ1) is 15.0. The third-order valence-corrected chi connectivity index (χ3v) is 4.09. The standard InChI is InChI=1S/C17H26N2O/c1-12(7-6-8-13(2)18)17(20)19-16-11-15(16)14-9-4-3-5-10-14/h3-5,9-10,12-13,15-16H,6-8,11,18H2,1-2H3,(H,19,20). The van der Waals surface area contributed by atoms with E-state index in [0.717, 1.165) is 25.7 Å². The Morgan fingerprint density at radius 2 is 2.00 bits per heavy atom. The van der Waals surface area contributed by atoms with Crippen molar-refractivity contribution in [3.05, 3.63) is 35.9 Å². The number of carbonyl (C=O) groups is 1. The molecule has 0 radical (unpaired) electrons. The molecule has 4 unspecified atom stereocenters. The van der Waals surface area contributed by atoms with Crippen molar-refractivity contribution in [2.75, 3.05) is 0 Å². The molecule has 0 aliphatic heterocycles. The molecule has 3 N–H and O–H groups in total. The third kappa shape index (κ3) is 4.34. The maximum Gasteiger partial charge on any atom is 0.223 e. The lowest BCUT2D eigenvalue weighted by molar-refractivity contribution is -0.124. The highest BCUT2D eigenvalue weighted by Gasteiger charge is 2.39. The molecule has 0 spiro atoms. The zero-order chi connectivity index (χ0) is 14.5. The smallest absolute Gasteiger partial charge is 0.223 e. The van der Waals surface area contributed by atoms with E-state index in [9.17, 15) is 4.79 Å². The highest BCUT2D eigenvalue weighted by atomic mass is 16.2. The van der Waals surface area contributed by atoms with Crippen molar-refractivity contribution in [1.29, 1.82) is 0 Å². The number of nitrogens with two attached hydrogens (primary N) is 1. The summed E-state index contributed by atoms with van der Waals surface area (Å²) in [5.41, 5.74) is 7.06. The molecule has 20 heavy (non-hydrogen) atoms. The van der Waals surface area contributed by atoms with E-state index >= 15 is 0 Å². The van der Waals surface area contributed by atoms with Crippen LogP contribution in [0.2, 0.25) is 0 Å². The molecule has 2 rings (SSSR count). The van der Waals surface area contributed by atoms with Crippen LogP contribution in [0.25, 0.3) is 0 Å². The van der Waals surface area contributed by atoms with Gasteiger partial charge in [0.1, 0.15) is 0 Å². The van der Waals surface area contributed by atoms with Gasteiger partial charge in [-0.15, -0.1) is 0 Å². The number of benzene rings is 1. The molecule has 0 saturated heterocycles. The molecule has 1 aliphatic rings. The Bertz CT molecular complexity index is 430. The number of hydrogen-bond donors (Lipinski definition) is 2. The van der Waals surface area contributed by atoms with Gasteiger partial charge < -0.3 is 11.1 Å². The molecule has 1 fully saturated rings. The van der Waals surface area contributed by atoms with Crippen molar-refractivity contribution in [2.24, 2.45) is 11.7 Å². The molecule has 1 amide bonds. The van der Waals surface area contributed by atoms with Crippen LogP contribution in [-0.2, 0) is 4.79 Å². The van der Waals surface area contributed by atoms with E-state index < -0.39 is 0 Å². The Kier molecular flexibility index (Phi) is 5.18. The van der Waals surface area contributed by atoms with Crippen molar-refractivity contribution in [1.82, 2.24) is 5.32 Å². The lowest BCUT2D eigenvalue weighted by Gasteiger charge is -2.13. The Hall–Kier alpha value is -1.35. The molecule has 4 atom stereocenters. The molecular formula is C17H26N2O. The molecule has 0 heterocycles. The minimum absolute atomic E-state index is 0.0887. The maximum absolute atomic E-state index is 12.1. The highest BCUT2D eigenvalue weighted by Crippen LogP contribution is 2.40. The van der Waals surface area contributed by atoms with Crippen LogP contribution in [0.15, 0.2) is 30.3 Å². The summed E-state index contributed by atoms with van der Waals surface area (Å²) in [5.74, 6) is 0.792. The number of rotatable bonds is 7. The summed E-state index contributed by atoms with van der Waals surface area (Å²) in [6.07, 6.45) is 4.02. The van der Waals surface area contributed by atoms with Gasteiger partial charge in [-0.25, -0.2) is 0 Å². The number of nitrogens with one attached hydrogen (secondary N) is 1. The van der Waals surface area contributed by atoms with Crippen LogP contribution < -0.4 is 11.1 Å². The number of amides is 1. The van der Waals surface area contributed by atoms with Gasteiger partial charge in [-0.05, 0) is 31.7 Å². The molecule has 3 nitrogen and oxygen atoms in total. The summed E-state index contributed by atoms with van der Waals surface area (Å²) in [6.45, 7) is 4.02. The molecule has 1 aliphatic carbocycles. The fourth-order valence-electron chi connectivity index (χ4n) is 2.63. The Morgan fingerprint density at radius 1 is 1.30 bits per heavy atom. The van der Waals surface area contributed by atoms with Crippen LogP contribution in [0.1, 0.15) is 51.0 Å². The third-order valence-electron chi connectivity index (χ3n) is 4.09. The van der Waals surface area contributed by atoms with Gasteiger partial charge in [-0.2, -0.15) is 0 Å². The van der Waals surface area contributed by atoms with Crippen LogP contribution in [0.4, 0.5) is 0 Å². The molecular weight excluding hydrogens is 248 g/mol. The van der Waals surface area contributed by atoms with Crippen molar-refractivity contribution >= 4 is 5.91 Å². The Balaban J connectivity index is 1.71. The summed E-state index contributed by atoms with van der Waals surface area (Å²) in [4.78, 5) is 12.1.